The van der Waals surface area contributed by atoms with Crippen LogP contribution in [0.1, 0.15) is 29.9 Å². The normalized spacial score (nSPS) is 10.9. The van der Waals surface area contributed by atoms with E-state index in [4.69, 9.17) is 4.74 Å². The van der Waals surface area contributed by atoms with Crippen LogP contribution >= 0.6 is 0 Å². The van der Waals surface area contributed by atoms with Crippen LogP contribution in [0.15, 0.2) is 79.0 Å². The molecule has 0 aliphatic carbocycles. The molecule has 0 atom stereocenters. The number of rotatable bonds is 10. The SMILES string of the molecule is CCN(CC)Cc1cn(-c2cccc(Nc3cccc(NC(=O)c4cccc(OC)c4)c3)c2)nn1. The highest BCUT2D eigenvalue weighted by Gasteiger charge is 2.09. The van der Waals surface area contributed by atoms with Gasteiger partial charge in [0.05, 0.1) is 24.7 Å². The Morgan fingerprint density at radius 3 is 2.43 bits per heavy atom. The molecule has 0 saturated carbocycles. The number of nitrogens with zero attached hydrogens (tertiary/aromatic N) is 4. The summed E-state index contributed by atoms with van der Waals surface area (Å²) in [6.07, 6.45) is 1.96. The van der Waals surface area contributed by atoms with Crippen molar-refractivity contribution in [2.75, 3.05) is 30.8 Å². The largest absolute Gasteiger partial charge is 0.497 e. The lowest BCUT2D eigenvalue weighted by atomic mass is 10.2. The lowest BCUT2D eigenvalue weighted by Crippen LogP contribution is -2.22. The van der Waals surface area contributed by atoms with Gasteiger partial charge in [-0.25, -0.2) is 4.68 Å². The van der Waals surface area contributed by atoms with Gasteiger partial charge in [-0.05, 0) is 67.7 Å². The second-order valence-electron chi connectivity index (χ2n) is 8.06. The molecule has 4 rings (SSSR count). The van der Waals surface area contributed by atoms with Crippen LogP contribution in [0.2, 0.25) is 0 Å². The minimum absolute atomic E-state index is 0.199. The molecule has 0 fully saturated rings. The number of methoxy groups -OCH3 is 1. The first-order valence-electron chi connectivity index (χ1n) is 11.6. The Bertz CT molecular complexity index is 1280. The molecule has 1 aromatic heterocycles. The van der Waals surface area contributed by atoms with Crippen molar-refractivity contribution in [3.8, 4) is 11.4 Å². The van der Waals surface area contributed by atoms with Crippen LogP contribution < -0.4 is 15.4 Å². The van der Waals surface area contributed by atoms with Gasteiger partial charge in [0, 0.05) is 29.2 Å². The van der Waals surface area contributed by atoms with Gasteiger partial charge in [0.2, 0.25) is 0 Å². The van der Waals surface area contributed by atoms with Crippen LogP contribution in [0.5, 0.6) is 5.75 Å². The van der Waals surface area contributed by atoms with Crippen molar-refractivity contribution in [3.63, 3.8) is 0 Å². The molecule has 180 valence electrons. The second kappa shape index (κ2) is 11.3. The number of hydrogen-bond donors (Lipinski definition) is 2. The summed E-state index contributed by atoms with van der Waals surface area (Å²) < 4.78 is 6.99. The molecule has 1 amide bonds. The first kappa shape index (κ1) is 24.0. The maximum Gasteiger partial charge on any atom is 0.255 e. The van der Waals surface area contributed by atoms with E-state index in [1.165, 1.54) is 0 Å². The van der Waals surface area contributed by atoms with Gasteiger partial charge in [0.15, 0.2) is 0 Å². The molecule has 8 heteroatoms. The smallest absolute Gasteiger partial charge is 0.255 e. The Balaban J connectivity index is 1.45. The van der Waals surface area contributed by atoms with Gasteiger partial charge in [-0.15, -0.1) is 5.10 Å². The molecule has 2 N–H and O–H groups in total. The summed E-state index contributed by atoms with van der Waals surface area (Å²) in [6.45, 7) is 7.01. The van der Waals surface area contributed by atoms with Crippen molar-refractivity contribution in [3.05, 3.63) is 90.3 Å². The fraction of sp³-hybridized carbons (Fsp3) is 0.222. The predicted molar refractivity (Wildman–Crippen MR) is 139 cm³/mol. The van der Waals surface area contributed by atoms with E-state index in [1.807, 2.05) is 54.7 Å². The number of amides is 1. The van der Waals surface area contributed by atoms with Gasteiger partial charge in [-0.3, -0.25) is 9.69 Å². The van der Waals surface area contributed by atoms with E-state index in [0.29, 0.717) is 17.0 Å². The third-order valence-electron chi connectivity index (χ3n) is 5.67. The van der Waals surface area contributed by atoms with Crippen LogP contribution in [0.25, 0.3) is 5.69 Å². The summed E-state index contributed by atoms with van der Waals surface area (Å²) in [4.78, 5) is 15.0. The van der Waals surface area contributed by atoms with Crippen molar-refractivity contribution >= 4 is 23.0 Å². The number of anilines is 3. The molecule has 0 bridgehead atoms. The molecule has 0 radical (unpaired) electrons. The zero-order valence-corrected chi connectivity index (χ0v) is 20.2. The molecule has 4 aromatic rings. The third-order valence-corrected chi connectivity index (χ3v) is 5.67. The van der Waals surface area contributed by atoms with E-state index in [1.54, 1.807) is 36.1 Å². The van der Waals surface area contributed by atoms with Crippen molar-refractivity contribution in [2.45, 2.75) is 20.4 Å². The molecule has 0 aliphatic rings. The number of aromatic nitrogens is 3. The lowest BCUT2D eigenvalue weighted by Gasteiger charge is -2.15. The molecule has 0 saturated heterocycles. The summed E-state index contributed by atoms with van der Waals surface area (Å²) >= 11 is 0. The highest BCUT2D eigenvalue weighted by molar-refractivity contribution is 6.04. The monoisotopic (exact) mass is 470 g/mol. The summed E-state index contributed by atoms with van der Waals surface area (Å²) in [7, 11) is 1.58. The predicted octanol–water partition coefficient (Wildman–Crippen LogP) is 5.11. The zero-order chi connectivity index (χ0) is 24.6. The molecule has 1 heterocycles. The topological polar surface area (TPSA) is 84.3 Å². The van der Waals surface area contributed by atoms with E-state index in [0.717, 1.165) is 42.4 Å². The van der Waals surface area contributed by atoms with Crippen molar-refractivity contribution in [1.29, 1.82) is 0 Å². The molecule has 0 unspecified atom stereocenters. The molecular weight excluding hydrogens is 440 g/mol. The summed E-state index contributed by atoms with van der Waals surface area (Å²) in [5.41, 5.74) is 4.83. The standard InChI is InChI=1S/C27H30N6O2/c1-4-32(5-2)18-24-19-33(31-30-24)25-13-8-12-23(17-25)28-21-10-7-11-22(16-21)29-27(34)20-9-6-14-26(15-20)35-3/h6-17,19,28H,4-5,18H2,1-3H3,(H,29,34). The minimum atomic E-state index is -0.199. The average molecular weight is 471 g/mol. The number of carbonyl (C=O) groups excluding carboxylic acids is 1. The Kier molecular flexibility index (Phi) is 7.74. The highest BCUT2D eigenvalue weighted by atomic mass is 16.5. The van der Waals surface area contributed by atoms with Gasteiger partial charge >= 0.3 is 0 Å². The van der Waals surface area contributed by atoms with Gasteiger partial charge in [0.1, 0.15) is 5.75 Å². The number of ether oxygens (including phenoxy) is 1. The zero-order valence-electron chi connectivity index (χ0n) is 20.2. The third kappa shape index (κ3) is 6.24. The fourth-order valence-electron chi connectivity index (χ4n) is 3.71. The fourth-order valence-corrected chi connectivity index (χ4v) is 3.71. The van der Waals surface area contributed by atoms with E-state index >= 15 is 0 Å². The Labute approximate surface area is 205 Å². The number of carbonyl (C=O) groups is 1. The van der Waals surface area contributed by atoms with Gasteiger partial charge in [0.25, 0.3) is 5.91 Å². The van der Waals surface area contributed by atoms with Crippen LogP contribution in [0.4, 0.5) is 17.1 Å². The Hall–Kier alpha value is -4.17. The van der Waals surface area contributed by atoms with Crippen LogP contribution in [-0.4, -0.2) is 46.0 Å². The molecule has 3 aromatic carbocycles. The molecular formula is C27H30N6O2. The average Bonchev–Trinajstić information content (AvgIpc) is 3.36. The molecule has 0 spiro atoms. The molecule has 35 heavy (non-hydrogen) atoms. The van der Waals surface area contributed by atoms with Gasteiger partial charge in [-0.2, -0.15) is 0 Å². The first-order chi connectivity index (χ1) is 17.1. The van der Waals surface area contributed by atoms with Crippen LogP contribution in [0, 0.1) is 0 Å². The second-order valence-corrected chi connectivity index (χ2v) is 8.06. The molecule has 8 nitrogen and oxygen atoms in total. The number of benzene rings is 3. The van der Waals surface area contributed by atoms with E-state index < -0.39 is 0 Å². The van der Waals surface area contributed by atoms with E-state index in [-0.39, 0.29) is 5.91 Å². The number of nitrogens with one attached hydrogen (secondary N) is 2. The van der Waals surface area contributed by atoms with Crippen molar-refractivity contribution < 1.29 is 9.53 Å². The van der Waals surface area contributed by atoms with Crippen LogP contribution in [-0.2, 0) is 6.54 Å². The summed E-state index contributed by atoms with van der Waals surface area (Å²) in [5.74, 6) is 0.440. The maximum absolute atomic E-state index is 12.7. The summed E-state index contributed by atoms with van der Waals surface area (Å²) in [5, 5.41) is 15.0. The lowest BCUT2D eigenvalue weighted by molar-refractivity contribution is 0.102. The van der Waals surface area contributed by atoms with E-state index in [9.17, 15) is 4.79 Å². The maximum atomic E-state index is 12.7. The number of hydrogen-bond acceptors (Lipinski definition) is 6. The quantitative estimate of drug-likeness (QED) is 0.335. The Morgan fingerprint density at radius 1 is 0.943 bits per heavy atom. The van der Waals surface area contributed by atoms with Gasteiger partial charge < -0.3 is 15.4 Å². The highest BCUT2D eigenvalue weighted by Crippen LogP contribution is 2.23. The van der Waals surface area contributed by atoms with Crippen LogP contribution in [0.3, 0.4) is 0 Å². The van der Waals surface area contributed by atoms with Crippen molar-refractivity contribution in [1.82, 2.24) is 19.9 Å². The van der Waals surface area contributed by atoms with Crippen molar-refractivity contribution in [2.24, 2.45) is 0 Å². The first-order valence-corrected chi connectivity index (χ1v) is 11.6. The van der Waals surface area contributed by atoms with E-state index in [2.05, 4.69) is 39.7 Å². The Morgan fingerprint density at radius 2 is 1.66 bits per heavy atom. The molecule has 0 aliphatic heterocycles. The van der Waals surface area contributed by atoms with Gasteiger partial charge in [-0.1, -0.05) is 37.3 Å². The minimum Gasteiger partial charge on any atom is -0.497 e. The summed E-state index contributed by atoms with van der Waals surface area (Å²) in [6, 6.07) is 22.6.